The Kier molecular flexibility index (Phi) is 6.82. The summed E-state index contributed by atoms with van der Waals surface area (Å²) in [6.45, 7) is 0. The minimum atomic E-state index is -3.50. The van der Waals surface area contributed by atoms with E-state index in [-0.39, 0.29) is 5.75 Å². The van der Waals surface area contributed by atoms with Gasteiger partial charge in [0.1, 0.15) is 17.6 Å². The number of nitrogens with zero attached hydrogens (tertiary/aromatic N) is 2. The van der Waals surface area contributed by atoms with Crippen LogP contribution < -0.4 is 5.32 Å². The molecule has 1 heterocycles. The zero-order valence-corrected chi connectivity index (χ0v) is 17.2. The van der Waals surface area contributed by atoms with Crippen LogP contribution >= 0.6 is 0 Å². The average Bonchev–Trinajstić information content (AvgIpc) is 3.13. The van der Waals surface area contributed by atoms with Gasteiger partial charge in [0.25, 0.3) is 0 Å². The summed E-state index contributed by atoms with van der Waals surface area (Å²) in [5, 5.41) is 2.84. The van der Waals surface area contributed by atoms with Crippen LogP contribution in [0.25, 0.3) is 0 Å². The number of carbonyl (C=O) groups excluding carboxylic acids is 1. The molecule has 0 fully saturated rings. The van der Waals surface area contributed by atoms with Crippen molar-refractivity contribution >= 4 is 15.7 Å². The molecule has 0 spiro atoms. The number of rotatable bonds is 9. The normalized spacial score (nSPS) is 12.4. The topological polar surface area (TPSA) is 81.1 Å². The van der Waals surface area contributed by atoms with Crippen molar-refractivity contribution in [3.05, 3.63) is 90.0 Å². The first kappa shape index (κ1) is 20.8. The number of amides is 1. The van der Waals surface area contributed by atoms with Crippen LogP contribution in [0.5, 0.6) is 0 Å². The van der Waals surface area contributed by atoms with E-state index in [4.69, 9.17) is 0 Å². The summed E-state index contributed by atoms with van der Waals surface area (Å²) in [5.41, 5.74) is 1.93. The van der Waals surface area contributed by atoms with Crippen molar-refractivity contribution in [2.75, 3.05) is 11.5 Å². The van der Waals surface area contributed by atoms with E-state index in [1.165, 1.54) is 0 Å². The van der Waals surface area contributed by atoms with Gasteiger partial charge in [-0.2, -0.15) is 0 Å². The number of carbonyl (C=O) groups is 1. The SMILES string of the molecule is Cn1ccnc1C(NC(=O)CS(=O)(=O)CCCc1ccccc1)c1ccccc1. The Bertz CT molecular complexity index is 1030. The molecule has 2 aromatic carbocycles. The van der Waals surface area contributed by atoms with Crippen LogP contribution in [0.1, 0.15) is 29.4 Å². The molecule has 1 N–H and O–H groups in total. The molecule has 1 unspecified atom stereocenters. The van der Waals surface area contributed by atoms with Crippen LogP contribution in [-0.4, -0.2) is 35.4 Å². The van der Waals surface area contributed by atoms with E-state index in [1.807, 2.05) is 72.3 Å². The first-order chi connectivity index (χ1) is 13.9. The van der Waals surface area contributed by atoms with Crippen molar-refractivity contribution in [2.24, 2.45) is 7.05 Å². The second-order valence-corrected chi connectivity index (χ2v) is 9.17. The highest BCUT2D eigenvalue weighted by Crippen LogP contribution is 2.20. The first-order valence-corrected chi connectivity index (χ1v) is 11.3. The lowest BCUT2D eigenvalue weighted by molar-refractivity contribution is -0.119. The Morgan fingerprint density at radius 3 is 2.34 bits per heavy atom. The molecular weight excluding hydrogens is 386 g/mol. The average molecular weight is 412 g/mol. The number of nitrogens with one attached hydrogen (secondary N) is 1. The number of aromatic nitrogens is 2. The van der Waals surface area contributed by atoms with Crippen molar-refractivity contribution in [3.63, 3.8) is 0 Å². The summed E-state index contributed by atoms with van der Waals surface area (Å²) in [5.74, 6) is -0.434. The Morgan fingerprint density at radius 2 is 1.72 bits per heavy atom. The van der Waals surface area contributed by atoms with Crippen LogP contribution in [0.2, 0.25) is 0 Å². The summed E-state index contributed by atoms with van der Waals surface area (Å²) < 4.78 is 26.7. The molecule has 1 aromatic heterocycles. The van der Waals surface area contributed by atoms with Gasteiger partial charge >= 0.3 is 0 Å². The third kappa shape index (κ3) is 6.02. The van der Waals surface area contributed by atoms with Gasteiger partial charge in [-0.1, -0.05) is 60.7 Å². The largest absolute Gasteiger partial charge is 0.341 e. The van der Waals surface area contributed by atoms with E-state index in [0.29, 0.717) is 18.7 Å². The van der Waals surface area contributed by atoms with Crippen LogP contribution in [-0.2, 0) is 28.1 Å². The zero-order chi connectivity index (χ0) is 20.7. The summed E-state index contributed by atoms with van der Waals surface area (Å²) in [6, 6.07) is 18.6. The lowest BCUT2D eigenvalue weighted by Crippen LogP contribution is -2.36. The van der Waals surface area contributed by atoms with Gasteiger partial charge in [-0.05, 0) is 24.0 Å². The molecule has 1 atom stereocenters. The van der Waals surface area contributed by atoms with Crippen LogP contribution in [0.4, 0.5) is 0 Å². The number of imidazole rings is 1. The Hall–Kier alpha value is -2.93. The van der Waals surface area contributed by atoms with Crippen LogP contribution in [0, 0.1) is 0 Å². The molecule has 3 aromatic rings. The van der Waals surface area contributed by atoms with Gasteiger partial charge in [-0.25, -0.2) is 13.4 Å². The van der Waals surface area contributed by atoms with Gasteiger partial charge in [-0.3, -0.25) is 4.79 Å². The van der Waals surface area contributed by atoms with Gasteiger partial charge < -0.3 is 9.88 Å². The van der Waals surface area contributed by atoms with Crippen molar-refractivity contribution in [3.8, 4) is 0 Å². The highest BCUT2D eigenvalue weighted by molar-refractivity contribution is 7.92. The number of sulfone groups is 1. The molecule has 7 heteroatoms. The van der Waals surface area contributed by atoms with E-state index in [1.54, 1.807) is 12.4 Å². The Balaban J connectivity index is 1.63. The molecule has 0 saturated carbocycles. The minimum absolute atomic E-state index is 0.0201. The summed E-state index contributed by atoms with van der Waals surface area (Å²) in [4.78, 5) is 16.9. The molecule has 152 valence electrons. The molecule has 6 nitrogen and oxygen atoms in total. The maximum absolute atomic E-state index is 12.6. The Morgan fingerprint density at radius 1 is 1.07 bits per heavy atom. The Labute approximate surface area is 171 Å². The van der Waals surface area contributed by atoms with E-state index in [9.17, 15) is 13.2 Å². The van der Waals surface area contributed by atoms with E-state index < -0.39 is 27.5 Å². The number of benzene rings is 2. The van der Waals surface area contributed by atoms with Gasteiger partial charge in [0, 0.05) is 19.4 Å². The molecular formula is C22H25N3O3S. The molecule has 3 rings (SSSR count). The lowest BCUT2D eigenvalue weighted by atomic mass is 10.1. The van der Waals surface area contributed by atoms with E-state index in [0.717, 1.165) is 11.1 Å². The number of hydrogen-bond donors (Lipinski definition) is 1. The summed E-state index contributed by atoms with van der Waals surface area (Å²) >= 11 is 0. The minimum Gasteiger partial charge on any atom is -0.341 e. The lowest BCUT2D eigenvalue weighted by Gasteiger charge is -2.19. The summed E-state index contributed by atoms with van der Waals surface area (Å²) in [7, 11) is -1.66. The van der Waals surface area contributed by atoms with Crippen molar-refractivity contribution in [2.45, 2.75) is 18.9 Å². The van der Waals surface area contributed by atoms with Gasteiger partial charge in [0.05, 0.1) is 5.75 Å². The first-order valence-electron chi connectivity index (χ1n) is 9.50. The molecule has 0 aliphatic rings. The maximum atomic E-state index is 12.6. The molecule has 1 amide bonds. The zero-order valence-electron chi connectivity index (χ0n) is 16.4. The third-order valence-electron chi connectivity index (χ3n) is 4.67. The highest BCUT2D eigenvalue weighted by atomic mass is 32.2. The second kappa shape index (κ2) is 9.52. The van der Waals surface area contributed by atoms with Crippen molar-refractivity contribution in [1.82, 2.24) is 14.9 Å². The maximum Gasteiger partial charge on any atom is 0.236 e. The van der Waals surface area contributed by atoms with Gasteiger partial charge in [0.2, 0.25) is 5.91 Å². The fraction of sp³-hybridized carbons (Fsp3) is 0.273. The fourth-order valence-corrected chi connectivity index (χ4v) is 4.42. The standard InChI is InChI=1S/C22H25N3O3S/c1-25-15-14-23-22(25)21(19-12-6-3-7-13-19)24-20(26)17-29(27,28)16-8-11-18-9-4-2-5-10-18/h2-7,9-10,12-15,21H,8,11,16-17H2,1H3,(H,24,26). The van der Waals surface area contributed by atoms with Gasteiger partial charge in [-0.15, -0.1) is 0 Å². The highest BCUT2D eigenvalue weighted by Gasteiger charge is 2.23. The quantitative estimate of drug-likeness (QED) is 0.587. The monoisotopic (exact) mass is 411 g/mol. The molecule has 29 heavy (non-hydrogen) atoms. The van der Waals surface area contributed by atoms with E-state index >= 15 is 0 Å². The predicted octanol–water partition coefficient (Wildman–Crippen LogP) is 2.67. The molecule has 0 aliphatic heterocycles. The fourth-order valence-electron chi connectivity index (χ4n) is 3.21. The van der Waals surface area contributed by atoms with Gasteiger partial charge in [0.15, 0.2) is 9.84 Å². The number of aryl methyl sites for hydroxylation is 2. The summed E-state index contributed by atoms with van der Waals surface area (Å²) in [6.07, 6.45) is 4.60. The van der Waals surface area contributed by atoms with E-state index in [2.05, 4.69) is 10.3 Å². The van der Waals surface area contributed by atoms with Crippen LogP contribution in [0.15, 0.2) is 73.1 Å². The smallest absolute Gasteiger partial charge is 0.236 e. The number of hydrogen-bond acceptors (Lipinski definition) is 4. The molecule has 0 aliphatic carbocycles. The second-order valence-electron chi connectivity index (χ2n) is 6.99. The predicted molar refractivity (Wildman–Crippen MR) is 113 cm³/mol. The van der Waals surface area contributed by atoms with Crippen molar-refractivity contribution < 1.29 is 13.2 Å². The molecule has 0 saturated heterocycles. The third-order valence-corrected chi connectivity index (χ3v) is 6.28. The van der Waals surface area contributed by atoms with Crippen LogP contribution in [0.3, 0.4) is 0 Å². The molecule has 0 bridgehead atoms. The molecule has 0 radical (unpaired) electrons. The van der Waals surface area contributed by atoms with Crippen molar-refractivity contribution in [1.29, 1.82) is 0 Å².